The van der Waals surface area contributed by atoms with Gasteiger partial charge in [-0.3, -0.25) is 0 Å². The number of thiophene rings is 1. The second-order valence-corrected chi connectivity index (χ2v) is 5.00. The quantitative estimate of drug-likeness (QED) is 0.548. The van der Waals surface area contributed by atoms with E-state index in [1.165, 1.54) is 26.6 Å². The fourth-order valence-electron chi connectivity index (χ4n) is 1.88. The van der Waals surface area contributed by atoms with Gasteiger partial charge in [0.1, 0.15) is 4.83 Å². The van der Waals surface area contributed by atoms with E-state index in [4.69, 9.17) is 0 Å². The number of aromatic nitrogens is 1. The van der Waals surface area contributed by atoms with Crippen molar-refractivity contribution < 1.29 is 0 Å². The lowest BCUT2D eigenvalue weighted by molar-refractivity contribution is 1.35. The number of pyridine rings is 1. The predicted molar refractivity (Wildman–Crippen MR) is 66.6 cm³/mol. The Morgan fingerprint density at radius 3 is 2.67 bits per heavy atom. The van der Waals surface area contributed by atoms with Crippen LogP contribution >= 0.6 is 11.3 Å². The topological polar surface area (TPSA) is 12.9 Å². The van der Waals surface area contributed by atoms with Crippen LogP contribution in [0.4, 0.5) is 0 Å². The van der Waals surface area contributed by atoms with E-state index in [1.807, 2.05) is 6.20 Å². The molecule has 1 nitrogen and oxygen atoms in total. The van der Waals surface area contributed by atoms with Crippen LogP contribution < -0.4 is 0 Å². The maximum absolute atomic E-state index is 4.47. The standard InChI is InChI=1S/C13H11NS/c1-8-3-4-12-10(5-8)11-6-9(2)7-14-13(11)15-12/h3-7H,1-2H3. The summed E-state index contributed by atoms with van der Waals surface area (Å²) in [6.45, 7) is 4.22. The first kappa shape index (κ1) is 8.86. The lowest BCUT2D eigenvalue weighted by atomic mass is 10.1. The van der Waals surface area contributed by atoms with E-state index in [2.05, 4.69) is 43.1 Å². The molecule has 0 spiro atoms. The highest BCUT2D eigenvalue weighted by Gasteiger charge is 2.05. The van der Waals surface area contributed by atoms with Gasteiger partial charge in [0.25, 0.3) is 0 Å². The molecule has 0 fully saturated rings. The summed E-state index contributed by atoms with van der Waals surface area (Å²) in [5, 5.41) is 2.63. The van der Waals surface area contributed by atoms with Gasteiger partial charge in [-0.25, -0.2) is 4.98 Å². The molecule has 0 saturated heterocycles. The third-order valence-electron chi connectivity index (χ3n) is 2.62. The molecular weight excluding hydrogens is 202 g/mol. The molecule has 0 bridgehead atoms. The molecule has 1 aromatic carbocycles. The normalized spacial score (nSPS) is 11.3. The van der Waals surface area contributed by atoms with Gasteiger partial charge in [0, 0.05) is 21.7 Å². The van der Waals surface area contributed by atoms with Crippen molar-refractivity contribution in [2.45, 2.75) is 13.8 Å². The van der Waals surface area contributed by atoms with Crippen molar-refractivity contribution in [3.8, 4) is 0 Å². The molecule has 0 aliphatic carbocycles. The van der Waals surface area contributed by atoms with Gasteiger partial charge in [-0.2, -0.15) is 0 Å². The number of nitrogens with zero attached hydrogens (tertiary/aromatic N) is 1. The Bertz CT molecular complexity index is 596. The lowest BCUT2D eigenvalue weighted by Gasteiger charge is -1.94. The van der Waals surface area contributed by atoms with E-state index < -0.39 is 0 Å². The van der Waals surface area contributed by atoms with E-state index in [-0.39, 0.29) is 0 Å². The molecule has 74 valence electrons. The summed E-state index contributed by atoms with van der Waals surface area (Å²) in [6, 6.07) is 8.81. The monoisotopic (exact) mass is 213 g/mol. The highest BCUT2D eigenvalue weighted by atomic mass is 32.1. The van der Waals surface area contributed by atoms with Crippen LogP contribution in [0.3, 0.4) is 0 Å². The van der Waals surface area contributed by atoms with Crippen LogP contribution in [0.1, 0.15) is 11.1 Å². The van der Waals surface area contributed by atoms with Gasteiger partial charge in [0.15, 0.2) is 0 Å². The van der Waals surface area contributed by atoms with Crippen LogP contribution in [0.25, 0.3) is 20.3 Å². The highest BCUT2D eigenvalue weighted by Crippen LogP contribution is 2.33. The summed E-state index contributed by atoms with van der Waals surface area (Å²) >= 11 is 1.77. The van der Waals surface area contributed by atoms with Gasteiger partial charge >= 0.3 is 0 Å². The summed E-state index contributed by atoms with van der Waals surface area (Å²) in [5.74, 6) is 0. The van der Waals surface area contributed by atoms with Crippen molar-refractivity contribution in [2.24, 2.45) is 0 Å². The molecule has 15 heavy (non-hydrogen) atoms. The van der Waals surface area contributed by atoms with Crippen LogP contribution in [0.15, 0.2) is 30.5 Å². The van der Waals surface area contributed by atoms with Crippen LogP contribution in [0.2, 0.25) is 0 Å². The van der Waals surface area contributed by atoms with Crippen molar-refractivity contribution in [3.05, 3.63) is 41.6 Å². The predicted octanol–water partition coefficient (Wildman–Crippen LogP) is 4.07. The Hall–Kier alpha value is -1.41. The molecule has 0 N–H and O–H groups in total. The van der Waals surface area contributed by atoms with Crippen molar-refractivity contribution in [2.75, 3.05) is 0 Å². The molecule has 0 aliphatic rings. The maximum Gasteiger partial charge on any atom is 0.124 e. The van der Waals surface area contributed by atoms with Crippen LogP contribution in [-0.2, 0) is 0 Å². The number of hydrogen-bond acceptors (Lipinski definition) is 2. The van der Waals surface area contributed by atoms with Crippen molar-refractivity contribution in [1.29, 1.82) is 0 Å². The van der Waals surface area contributed by atoms with Crippen LogP contribution in [-0.4, -0.2) is 4.98 Å². The minimum Gasteiger partial charge on any atom is -0.245 e. The van der Waals surface area contributed by atoms with Gasteiger partial charge in [-0.15, -0.1) is 11.3 Å². The Balaban J connectivity index is 2.55. The van der Waals surface area contributed by atoms with Crippen molar-refractivity contribution in [3.63, 3.8) is 0 Å². The van der Waals surface area contributed by atoms with E-state index in [0.717, 1.165) is 4.83 Å². The number of hydrogen-bond donors (Lipinski definition) is 0. The Kier molecular flexibility index (Phi) is 1.80. The average Bonchev–Trinajstić information content (AvgIpc) is 2.56. The molecule has 0 aliphatic heterocycles. The van der Waals surface area contributed by atoms with Crippen LogP contribution in [0, 0.1) is 13.8 Å². The third kappa shape index (κ3) is 1.33. The van der Waals surface area contributed by atoms with Crippen molar-refractivity contribution in [1.82, 2.24) is 4.98 Å². The fourth-order valence-corrected chi connectivity index (χ4v) is 2.89. The Labute approximate surface area is 92.4 Å². The average molecular weight is 213 g/mol. The molecule has 2 aromatic heterocycles. The molecule has 0 unspecified atom stereocenters. The number of fused-ring (bicyclic) bond motifs is 3. The summed E-state index contributed by atoms with van der Waals surface area (Å²) in [5.41, 5.74) is 2.53. The zero-order chi connectivity index (χ0) is 10.4. The molecule has 2 heterocycles. The van der Waals surface area contributed by atoms with E-state index >= 15 is 0 Å². The molecule has 2 heteroatoms. The van der Waals surface area contributed by atoms with Gasteiger partial charge < -0.3 is 0 Å². The van der Waals surface area contributed by atoms with Crippen molar-refractivity contribution >= 4 is 31.6 Å². The van der Waals surface area contributed by atoms with Gasteiger partial charge in [-0.1, -0.05) is 11.6 Å². The molecule has 3 aromatic rings. The van der Waals surface area contributed by atoms with Gasteiger partial charge in [0.2, 0.25) is 0 Å². The smallest absolute Gasteiger partial charge is 0.124 e. The van der Waals surface area contributed by atoms with E-state index in [0.29, 0.717) is 0 Å². The van der Waals surface area contributed by atoms with Gasteiger partial charge in [0.05, 0.1) is 0 Å². The van der Waals surface area contributed by atoms with E-state index in [9.17, 15) is 0 Å². The Morgan fingerprint density at radius 1 is 1.00 bits per heavy atom. The minimum absolute atomic E-state index is 1.14. The number of benzene rings is 1. The Morgan fingerprint density at radius 2 is 1.80 bits per heavy atom. The first-order chi connectivity index (χ1) is 7.24. The molecule has 0 atom stereocenters. The minimum atomic E-state index is 1.14. The molecule has 0 radical (unpaired) electrons. The fraction of sp³-hybridized carbons (Fsp3) is 0.154. The number of aryl methyl sites for hydroxylation is 2. The first-order valence-corrected chi connectivity index (χ1v) is 5.81. The third-order valence-corrected chi connectivity index (χ3v) is 3.71. The number of rotatable bonds is 0. The largest absolute Gasteiger partial charge is 0.245 e. The second kappa shape index (κ2) is 3.04. The SMILES string of the molecule is Cc1ccc2sc3ncc(C)cc3c2c1. The zero-order valence-corrected chi connectivity index (χ0v) is 9.56. The molecular formula is C13H11NS. The molecule has 3 rings (SSSR count). The summed E-state index contributed by atoms with van der Waals surface area (Å²) in [4.78, 5) is 5.61. The summed E-state index contributed by atoms with van der Waals surface area (Å²) < 4.78 is 1.33. The van der Waals surface area contributed by atoms with Gasteiger partial charge in [-0.05, 0) is 37.6 Å². The zero-order valence-electron chi connectivity index (χ0n) is 8.74. The van der Waals surface area contributed by atoms with E-state index in [1.54, 1.807) is 11.3 Å². The lowest BCUT2D eigenvalue weighted by Crippen LogP contribution is -1.76. The summed E-state index contributed by atoms with van der Waals surface area (Å²) in [6.07, 6.45) is 1.94. The maximum atomic E-state index is 4.47. The van der Waals surface area contributed by atoms with Crippen LogP contribution in [0.5, 0.6) is 0 Å². The highest BCUT2D eigenvalue weighted by molar-refractivity contribution is 7.25. The second-order valence-electron chi connectivity index (χ2n) is 3.97. The molecule has 0 saturated carbocycles. The molecule has 0 amide bonds. The summed E-state index contributed by atoms with van der Waals surface area (Å²) in [7, 11) is 0. The first-order valence-electron chi connectivity index (χ1n) is 4.99.